The van der Waals surface area contributed by atoms with Gasteiger partial charge in [-0.1, -0.05) is 6.92 Å². The zero-order valence-electron chi connectivity index (χ0n) is 12.1. The van der Waals surface area contributed by atoms with E-state index in [1.807, 2.05) is 0 Å². The molecule has 2 rings (SSSR count). The Morgan fingerprint density at radius 1 is 0.941 bits per heavy atom. The molecule has 2 aliphatic heterocycles. The maximum atomic E-state index is 12.5. The van der Waals surface area contributed by atoms with Gasteiger partial charge in [0.05, 0.1) is 0 Å². The summed E-state index contributed by atoms with van der Waals surface area (Å²) in [6, 6.07) is 1.29. The summed E-state index contributed by atoms with van der Waals surface area (Å²) in [5.74, 6) is 0.956. The molecule has 1 atom stereocenters. The topological polar surface area (TPSA) is 6.48 Å². The van der Waals surface area contributed by atoms with Crippen molar-refractivity contribution in [3.8, 4) is 0 Å². The molecule has 3 heteroatoms. The first-order chi connectivity index (χ1) is 7.90. The maximum Gasteiger partial charge on any atom is 0.114 e. The maximum absolute atomic E-state index is 12.5. The van der Waals surface area contributed by atoms with Crippen molar-refractivity contribution >= 4 is 0 Å². The summed E-state index contributed by atoms with van der Waals surface area (Å²) >= 11 is 0. The molecule has 0 spiro atoms. The smallest absolute Gasteiger partial charge is 0.114 e. The number of halogens is 1. The van der Waals surface area contributed by atoms with Crippen LogP contribution >= 0.6 is 0 Å². The largest absolute Gasteiger partial charge is 0.300 e. The first-order valence-corrected chi connectivity index (χ1v) is 7.02. The Morgan fingerprint density at radius 2 is 1.47 bits per heavy atom. The number of hydrogen-bond donors (Lipinski definition) is 0. The monoisotopic (exact) mass is 244 g/mol. The van der Waals surface area contributed by atoms with E-state index in [1.54, 1.807) is 0 Å². The molecule has 17 heavy (non-hydrogen) atoms. The molecular formula is C14H29FN2. The van der Waals surface area contributed by atoms with E-state index in [1.165, 1.54) is 13.1 Å². The van der Waals surface area contributed by atoms with Crippen molar-refractivity contribution in [2.45, 2.75) is 59.3 Å². The Bertz CT molecular complexity index is 212. The van der Waals surface area contributed by atoms with Crippen LogP contribution in [0, 0.1) is 5.92 Å². The lowest BCUT2D eigenvalue weighted by atomic mass is 10.0. The molecule has 0 N–H and O–H groups in total. The van der Waals surface area contributed by atoms with Crippen LogP contribution in [0.2, 0.25) is 0 Å². The quantitative estimate of drug-likeness (QED) is 0.737. The molecule has 0 radical (unpaired) electrons. The van der Waals surface area contributed by atoms with Crippen LogP contribution in [0.5, 0.6) is 0 Å². The summed E-state index contributed by atoms with van der Waals surface area (Å²) in [5.41, 5.74) is 0. The first-order valence-electron chi connectivity index (χ1n) is 7.02. The summed E-state index contributed by atoms with van der Waals surface area (Å²) in [7, 11) is 0. The van der Waals surface area contributed by atoms with E-state index in [0.717, 1.165) is 24.9 Å². The van der Waals surface area contributed by atoms with Crippen LogP contribution in [0.25, 0.3) is 0 Å². The molecule has 0 bridgehead atoms. The normalized spacial score (nSPS) is 27.2. The second-order valence-corrected chi connectivity index (χ2v) is 6.13. The summed E-state index contributed by atoms with van der Waals surface area (Å²) in [4.78, 5) is 4.66. The molecule has 2 aliphatic rings. The van der Waals surface area contributed by atoms with Crippen molar-refractivity contribution in [2.24, 2.45) is 5.92 Å². The van der Waals surface area contributed by atoms with Crippen molar-refractivity contribution in [1.29, 1.82) is 0 Å². The first kappa shape index (κ1) is 14.9. The minimum absolute atomic E-state index is 0.519. The minimum atomic E-state index is -0.563. The van der Waals surface area contributed by atoms with Crippen LogP contribution in [0.1, 0.15) is 41.0 Å². The lowest BCUT2D eigenvalue weighted by molar-refractivity contribution is 0.0787. The zero-order valence-corrected chi connectivity index (χ0v) is 12.1. The minimum Gasteiger partial charge on any atom is -0.300 e. The van der Waals surface area contributed by atoms with Gasteiger partial charge < -0.3 is 4.90 Å². The predicted molar refractivity (Wildman–Crippen MR) is 72.1 cm³/mol. The van der Waals surface area contributed by atoms with Gasteiger partial charge in [-0.2, -0.15) is 0 Å². The highest BCUT2D eigenvalue weighted by Crippen LogP contribution is 2.16. The number of hydrogen-bond acceptors (Lipinski definition) is 2. The summed E-state index contributed by atoms with van der Waals surface area (Å²) < 4.78 is 12.5. The van der Waals surface area contributed by atoms with Crippen molar-refractivity contribution in [3.63, 3.8) is 0 Å². The Balaban J connectivity index is 0.000000171. The van der Waals surface area contributed by atoms with E-state index < -0.39 is 6.17 Å². The van der Waals surface area contributed by atoms with Crippen molar-refractivity contribution < 1.29 is 4.39 Å². The van der Waals surface area contributed by atoms with Crippen molar-refractivity contribution in [2.75, 3.05) is 26.2 Å². The predicted octanol–water partition coefficient (Wildman–Crippen LogP) is 2.79. The number of nitrogens with zero attached hydrogens (tertiary/aromatic N) is 2. The van der Waals surface area contributed by atoms with Gasteiger partial charge in [0.1, 0.15) is 6.17 Å². The molecule has 0 aliphatic carbocycles. The molecule has 1 unspecified atom stereocenters. The molecule has 0 amide bonds. The van der Waals surface area contributed by atoms with E-state index in [-0.39, 0.29) is 0 Å². The molecule has 102 valence electrons. The van der Waals surface area contributed by atoms with Gasteiger partial charge in [0.15, 0.2) is 0 Å². The van der Waals surface area contributed by atoms with E-state index in [0.29, 0.717) is 12.6 Å². The van der Waals surface area contributed by atoms with Crippen LogP contribution in [0.15, 0.2) is 0 Å². The second-order valence-electron chi connectivity index (χ2n) is 6.13. The Kier molecular flexibility index (Phi) is 5.87. The van der Waals surface area contributed by atoms with Gasteiger partial charge in [-0.25, -0.2) is 4.39 Å². The van der Waals surface area contributed by atoms with Crippen LogP contribution < -0.4 is 0 Å². The van der Waals surface area contributed by atoms with E-state index in [2.05, 4.69) is 44.4 Å². The lowest BCUT2D eigenvalue weighted by Gasteiger charge is -2.40. The standard InChI is InChI=1S/C7H14FN.C7H15N/c1-6(2)9-4-3-7(8)5-9;1-6(2)8-4-7(3)5-8/h6-7H,3-5H2,1-2H3;6-7H,4-5H2,1-3H3. The average molecular weight is 244 g/mol. The second kappa shape index (κ2) is 6.69. The molecule has 2 nitrogen and oxygen atoms in total. The van der Waals surface area contributed by atoms with Gasteiger partial charge in [0, 0.05) is 38.3 Å². The van der Waals surface area contributed by atoms with Gasteiger partial charge in [-0.05, 0) is 40.0 Å². The summed E-state index contributed by atoms with van der Waals surface area (Å²) in [6.45, 7) is 15.3. The van der Waals surface area contributed by atoms with E-state index in [4.69, 9.17) is 0 Å². The lowest BCUT2D eigenvalue weighted by Crippen LogP contribution is -2.48. The van der Waals surface area contributed by atoms with Crippen molar-refractivity contribution in [3.05, 3.63) is 0 Å². The van der Waals surface area contributed by atoms with Crippen LogP contribution in [-0.2, 0) is 0 Å². The third kappa shape index (κ3) is 4.92. The Hall–Kier alpha value is -0.150. The molecule has 2 saturated heterocycles. The van der Waals surface area contributed by atoms with Crippen LogP contribution in [0.3, 0.4) is 0 Å². The molecule has 0 saturated carbocycles. The van der Waals surface area contributed by atoms with Gasteiger partial charge in [0.25, 0.3) is 0 Å². The number of alkyl halides is 1. The van der Waals surface area contributed by atoms with Gasteiger partial charge in [-0.3, -0.25) is 4.90 Å². The molecule has 2 heterocycles. The summed E-state index contributed by atoms with van der Waals surface area (Å²) in [5, 5.41) is 0. The molecule has 2 fully saturated rings. The van der Waals surface area contributed by atoms with Crippen LogP contribution in [-0.4, -0.2) is 54.2 Å². The fourth-order valence-corrected chi connectivity index (χ4v) is 2.38. The Morgan fingerprint density at radius 3 is 1.65 bits per heavy atom. The van der Waals surface area contributed by atoms with Gasteiger partial charge in [-0.15, -0.1) is 0 Å². The zero-order chi connectivity index (χ0) is 13.0. The average Bonchev–Trinajstić information content (AvgIpc) is 2.61. The van der Waals surface area contributed by atoms with E-state index >= 15 is 0 Å². The third-order valence-electron chi connectivity index (χ3n) is 3.72. The molecule has 0 aromatic carbocycles. The van der Waals surface area contributed by atoms with Gasteiger partial charge in [0.2, 0.25) is 0 Å². The SMILES string of the molecule is CC(C)N1CCC(F)C1.CC1CN(C(C)C)C1. The van der Waals surface area contributed by atoms with Crippen LogP contribution in [0.4, 0.5) is 4.39 Å². The fraction of sp³-hybridized carbons (Fsp3) is 1.00. The van der Waals surface area contributed by atoms with Gasteiger partial charge >= 0.3 is 0 Å². The third-order valence-corrected chi connectivity index (χ3v) is 3.72. The number of rotatable bonds is 2. The highest BCUT2D eigenvalue weighted by Gasteiger charge is 2.24. The summed E-state index contributed by atoms with van der Waals surface area (Å²) in [6.07, 6.45) is 0.172. The molecular weight excluding hydrogens is 215 g/mol. The Labute approximate surface area is 106 Å². The molecule has 0 aromatic heterocycles. The number of likely N-dealkylation sites (tertiary alicyclic amines) is 2. The fourth-order valence-electron chi connectivity index (χ4n) is 2.38. The highest BCUT2D eigenvalue weighted by atomic mass is 19.1. The highest BCUT2D eigenvalue weighted by molar-refractivity contribution is 4.78. The van der Waals surface area contributed by atoms with E-state index in [9.17, 15) is 4.39 Å². The van der Waals surface area contributed by atoms with Crippen molar-refractivity contribution in [1.82, 2.24) is 9.80 Å². The molecule has 0 aromatic rings.